The maximum Gasteiger partial charge on any atom is 0.122 e. The molecule has 20 heavy (non-hydrogen) atoms. The van der Waals surface area contributed by atoms with E-state index >= 15 is 0 Å². The summed E-state index contributed by atoms with van der Waals surface area (Å²) in [6, 6.07) is 21.3. The van der Waals surface area contributed by atoms with E-state index < -0.39 is 0 Å². The van der Waals surface area contributed by atoms with Crippen LogP contribution in [0.3, 0.4) is 0 Å². The third-order valence-electron chi connectivity index (χ3n) is 3.63. The molecule has 0 bridgehead atoms. The second-order valence-corrected chi connectivity index (χ2v) is 6.84. The van der Waals surface area contributed by atoms with E-state index in [1.165, 1.54) is 11.1 Å². The van der Waals surface area contributed by atoms with Crippen LogP contribution in [0.2, 0.25) is 0 Å². The Bertz CT molecular complexity index is 496. The molecule has 1 atom stereocenters. The molecule has 1 fully saturated rings. The molecule has 1 nitrogen and oxygen atoms in total. The zero-order valence-corrected chi connectivity index (χ0v) is 12.6. The van der Waals surface area contributed by atoms with Crippen LogP contribution in [0.5, 0.6) is 0 Å². The van der Waals surface area contributed by atoms with E-state index in [4.69, 9.17) is 4.74 Å². The van der Waals surface area contributed by atoms with Gasteiger partial charge in [0, 0.05) is 18.6 Å². The van der Waals surface area contributed by atoms with Crippen LogP contribution >= 0.6 is 11.8 Å². The van der Waals surface area contributed by atoms with Crippen molar-refractivity contribution in [3.63, 3.8) is 0 Å². The van der Waals surface area contributed by atoms with Crippen LogP contribution in [0.15, 0.2) is 60.7 Å². The van der Waals surface area contributed by atoms with Gasteiger partial charge in [-0.2, -0.15) is 0 Å². The normalized spacial score (nSPS) is 20.9. The van der Waals surface area contributed by atoms with Gasteiger partial charge in [0.15, 0.2) is 0 Å². The SMILES string of the molecule is C[C@H]1CSC(Cc2ccccc2)(Cc2ccccc2)O1. The highest BCUT2D eigenvalue weighted by Crippen LogP contribution is 2.41. The van der Waals surface area contributed by atoms with Crippen molar-refractivity contribution in [2.45, 2.75) is 30.8 Å². The Kier molecular flexibility index (Phi) is 4.13. The summed E-state index contributed by atoms with van der Waals surface area (Å²) in [5.41, 5.74) is 2.70. The molecule has 3 rings (SSSR count). The Morgan fingerprint density at radius 3 is 1.85 bits per heavy atom. The molecule has 0 aliphatic carbocycles. The molecule has 1 heterocycles. The van der Waals surface area contributed by atoms with Crippen molar-refractivity contribution < 1.29 is 4.74 Å². The lowest BCUT2D eigenvalue weighted by atomic mass is 10.0. The predicted molar refractivity (Wildman–Crippen MR) is 86.0 cm³/mol. The van der Waals surface area contributed by atoms with Gasteiger partial charge in [0.1, 0.15) is 4.93 Å². The first-order chi connectivity index (χ1) is 9.76. The maximum atomic E-state index is 6.32. The van der Waals surface area contributed by atoms with Crippen LogP contribution in [-0.2, 0) is 17.6 Å². The van der Waals surface area contributed by atoms with E-state index in [1.54, 1.807) is 0 Å². The lowest BCUT2D eigenvalue weighted by Gasteiger charge is -2.28. The number of benzene rings is 2. The molecule has 1 saturated heterocycles. The molecule has 2 aromatic carbocycles. The lowest BCUT2D eigenvalue weighted by molar-refractivity contribution is 0.00268. The van der Waals surface area contributed by atoms with Gasteiger partial charge in [0.05, 0.1) is 6.10 Å². The smallest absolute Gasteiger partial charge is 0.122 e. The number of rotatable bonds is 4. The van der Waals surface area contributed by atoms with Crippen LogP contribution in [0, 0.1) is 0 Å². The highest BCUT2D eigenvalue weighted by Gasteiger charge is 2.39. The molecule has 0 unspecified atom stereocenters. The molecule has 0 spiro atoms. The van der Waals surface area contributed by atoms with Crippen LogP contribution in [0.4, 0.5) is 0 Å². The first-order valence-electron chi connectivity index (χ1n) is 7.15. The van der Waals surface area contributed by atoms with Crippen molar-refractivity contribution in [3.8, 4) is 0 Å². The Balaban J connectivity index is 1.82. The topological polar surface area (TPSA) is 9.23 Å². The fourth-order valence-corrected chi connectivity index (χ4v) is 4.14. The highest BCUT2D eigenvalue weighted by molar-refractivity contribution is 8.00. The molecule has 0 amide bonds. The summed E-state index contributed by atoms with van der Waals surface area (Å²) in [5, 5.41) is 0. The fraction of sp³-hybridized carbons (Fsp3) is 0.333. The van der Waals surface area contributed by atoms with Crippen molar-refractivity contribution in [1.29, 1.82) is 0 Å². The first kappa shape index (κ1) is 13.7. The molecule has 0 saturated carbocycles. The van der Waals surface area contributed by atoms with Gasteiger partial charge in [-0.1, -0.05) is 60.7 Å². The van der Waals surface area contributed by atoms with Gasteiger partial charge < -0.3 is 4.74 Å². The van der Waals surface area contributed by atoms with Crippen molar-refractivity contribution in [1.82, 2.24) is 0 Å². The summed E-state index contributed by atoms with van der Waals surface area (Å²) in [6.07, 6.45) is 2.28. The maximum absolute atomic E-state index is 6.32. The predicted octanol–water partition coefficient (Wildman–Crippen LogP) is 4.32. The van der Waals surface area contributed by atoms with E-state index in [9.17, 15) is 0 Å². The van der Waals surface area contributed by atoms with E-state index in [-0.39, 0.29) is 4.93 Å². The summed E-state index contributed by atoms with van der Waals surface area (Å²) in [5.74, 6) is 1.08. The van der Waals surface area contributed by atoms with Gasteiger partial charge in [-0.05, 0) is 18.1 Å². The Morgan fingerprint density at radius 1 is 0.950 bits per heavy atom. The number of ether oxygens (including phenoxy) is 1. The first-order valence-corrected chi connectivity index (χ1v) is 8.14. The highest BCUT2D eigenvalue weighted by atomic mass is 32.2. The molecule has 2 heteroatoms. The molecule has 2 aromatic rings. The quantitative estimate of drug-likeness (QED) is 0.827. The summed E-state index contributed by atoms with van der Waals surface area (Å²) in [7, 11) is 0. The minimum absolute atomic E-state index is 0.109. The van der Waals surface area contributed by atoms with Crippen LogP contribution in [0.1, 0.15) is 18.1 Å². The van der Waals surface area contributed by atoms with E-state index in [1.807, 2.05) is 11.8 Å². The Hall–Kier alpha value is -1.25. The third-order valence-corrected chi connectivity index (χ3v) is 5.18. The zero-order chi connectivity index (χ0) is 13.8. The minimum atomic E-state index is -0.109. The average Bonchev–Trinajstić information content (AvgIpc) is 2.82. The van der Waals surface area contributed by atoms with Gasteiger partial charge in [-0.3, -0.25) is 0 Å². The van der Waals surface area contributed by atoms with Crippen molar-refractivity contribution in [2.75, 3.05) is 5.75 Å². The summed E-state index contributed by atoms with van der Waals surface area (Å²) in [6.45, 7) is 2.17. The van der Waals surface area contributed by atoms with Gasteiger partial charge in [0.2, 0.25) is 0 Å². The van der Waals surface area contributed by atoms with Crippen LogP contribution in [-0.4, -0.2) is 16.8 Å². The summed E-state index contributed by atoms with van der Waals surface area (Å²) in [4.78, 5) is -0.109. The standard InChI is InChI=1S/C18H20OS/c1-15-14-20-18(19-15,12-16-8-4-2-5-9-16)13-17-10-6-3-7-11-17/h2-11,15H,12-14H2,1H3/t15-/m0/s1. The number of hydrogen-bond acceptors (Lipinski definition) is 2. The molecule has 0 aromatic heterocycles. The average molecular weight is 284 g/mol. The van der Waals surface area contributed by atoms with Crippen molar-refractivity contribution in [2.24, 2.45) is 0 Å². The molecular formula is C18H20OS. The number of hydrogen-bond donors (Lipinski definition) is 0. The lowest BCUT2D eigenvalue weighted by Crippen LogP contribution is -2.31. The zero-order valence-electron chi connectivity index (χ0n) is 11.8. The van der Waals surface area contributed by atoms with Gasteiger partial charge in [-0.25, -0.2) is 0 Å². The largest absolute Gasteiger partial charge is 0.360 e. The van der Waals surface area contributed by atoms with E-state index in [2.05, 4.69) is 67.6 Å². The van der Waals surface area contributed by atoms with Crippen LogP contribution < -0.4 is 0 Å². The van der Waals surface area contributed by atoms with Gasteiger partial charge >= 0.3 is 0 Å². The Morgan fingerprint density at radius 2 is 1.45 bits per heavy atom. The molecular weight excluding hydrogens is 264 g/mol. The molecule has 1 aliphatic rings. The monoisotopic (exact) mass is 284 g/mol. The van der Waals surface area contributed by atoms with Crippen molar-refractivity contribution in [3.05, 3.63) is 71.8 Å². The summed E-state index contributed by atoms with van der Waals surface area (Å²) >= 11 is 1.97. The van der Waals surface area contributed by atoms with Gasteiger partial charge in [-0.15, -0.1) is 11.8 Å². The van der Waals surface area contributed by atoms with Gasteiger partial charge in [0.25, 0.3) is 0 Å². The third kappa shape index (κ3) is 3.25. The van der Waals surface area contributed by atoms with E-state index in [0.717, 1.165) is 18.6 Å². The minimum Gasteiger partial charge on any atom is -0.360 e. The number of thioether (sulfide) groups is 1. The molecule has 0 radical (unpaired) electrons. The Labute approximate surface area is 125 Å². The second-order valence-electron chi connectivity index (χ2n) is 5.47. The molecule has 104 valence electrons. The molecule has 0 N–H and O–H groups in total. The second kappa shape index (κ2) is 6.02. The van der Waals surface area contributed by atoms with E-state index in [0.29, 0.717) is 6.10 Å². The van der Waals surface area contributed by atoms with Crippen LogP contribution in [0.25, 0.3) is 0 Å². The van der Waals surface area contributed by atoms with Crippen molar-refractivity contribution >= 4 is 11.8 Å². The summed E-state index contributed by atoms with van der Waals surface area (Å²) < 4.78 is 6.32. The molecule has 1 aliphatic heterocycles. The fourth-order valence-electron chi connectivity index (χ4n) is 2.77.